The third-order valence-electron chi connectivity index (χ3n) is 3.29. The van der Waals surface area contributed by atoms with Crippen LogP contribution in [0.25, 0.3) is 0 Å². The molecule has 5 nitrogen and oxygen atoms in total. The topological polar surface area (TPSA) is 70.8 Å². The Morgan fingerprint density at radius 3 is 2.45 bits per heavy atom. The van der Waals surface area contributed by atoms with Gasteiger partial charge in [0.15, 0.2) is 0 Å². The van der Waals surface area contributed by atoms with E-state index >= 15 is 0 Å². The van der Waals surface area contributed by atoms with E-state index in [4.69, 9.17) is 9.52 Å². The predicted octanol–water partition coefficient (Wildman–Crippen LogP) is 3.63. The van der Waals surface area contributed by atoms with Crippen LogP contribution in [-0.2, 0) is 6.54 Å². The fourth-order valence-corrected chi connectivity index (χ4v) is 2.80. The van der Waals surface area contributed by atoms with Crippen molar-refractivity contribution in [2.75, 3.05) is 7.05 Å². The van der Waals surface area contributed by atoms with Gasteiger partial charge in [0.1, 0.15) is 17.1 Å². The standard InChI is InChI=1S/C16H16BrNO4/c1-9-4-5-12(14(17)6-9)15(19)18(3)8-11-7-13(16(20)21)10(2)22-11/h4-7H,8H2,1-3H3,(H,20,21). The molecular formula is C16H16BrNO4. The molecule has 0 saturated carbocycles. The van der Waals surface area contributed by atoms with Crippen LogP contribution in [0.4, 0.5) is 0 Å². The SMILES string of the molecule is Cc1ccc(C(=O)N(C)Cc2cc(C(=O)O)c(C)o2)c(Br)c1. The molecule has 0 atom stereocenters. The van der Waals surface area contributed by atoms with E-state index in [9.17, 15) is 9.59 Å². The number of aryl methyl sites for hydroxylation is 2. The molecule has 1 heterocycles. The minimum absolute atomic E-state index is 0.118. The summed E-state index contributed by atoms with van der Waals surface area (Å²) >= 11 is 3.39. The zero-order chi connectivity index (χ0) is 16.4. The van der Waals surface area contributed by atoms with Crippen LogP contribution in [0.1, 0.15) is 37.8 Å². The summed E-state index contributed by atoms with van der Waals surface area (Å²) in [6, 6.07) is 6.95. The van der Waals surface area contributed by atoms with E-state index < -0.39 is 5.97 Å². The molecule has 0 radical (unpaired) electrons. The Balaban J connectivity index is 2.18. The van der Waals surface area contributed by atoms with Gasteiger partial charge in [0.2, 0.25) is 0 Å². The molecule has 1 N–H and O–H groups in total. The van der Waals surface area contributed by atoms with Gasteiger partial charge in [-0.2, -0.15) is 0 Å². The van der Waals surface area contributed by atoms with E-state index in [1.165, 1.54) is 11.0 Å². The summed E-state index contributed by atoms with van der Waals surface area (Å²) in [6.07, 6.45) is 0. The second-order valence-electron chi connectivity index (χ2n) is 5.13. The summed E-state index contributed by atoms with van der Waals surface area (Å²) in [5.41, 5.74) is 1.72. The highest BCUT2D eigenvalue weighted by Gasteiger charge is 2.19. The zero-order valence-electron chi connectivity index (χ0n) is 12.5. The maximum atomic E-state index is 12.4. The number of aromatic carboxylic acids is 1. The van der Waals surface area contributed by atoms with E-state index in [-0.39, 0.29) is 18.0 Å². The molecular weight excluding hydrogens is 350 g/mol. The van der Waals surface area contributed by atoms with Crippen LogP contribution in [0.3, 0.4) is 0 Å². The average Bonchev–Trinajstić information content (AvgIpc) is 2.79. The predicted molar refractivity (Wildman–Crippen MR) is 85.1 cm³/mol. The third-order valence-corrected chi connectivity index (χ3v) is 3.95. The number of hydrogen-bond acceptors (Lipinski definition) is 3. The van der Waals surface area contributed by atoms with Crippen molar-refractivity contribution in [1.82, 2.24) is 4.90 Å². The molecule has 2 rings (SSSR count). The Kier molecular flexibility index (Phi) is 4.71. The van der Waals surface area contributed by atoms with Gasteiger partial charge in [-0.05, 0) is 53.5 Å². The lowest BCUT2D eigenvalue weighted by molar-refractivity contribution is 0.0694. The van der Waals surface area contributed by atoms with Gasteiger partial charge in [-0.25, -0.2) is 4.79 Å². The Labute approximate surface area is 136 Å². The molecule has 0 bridgehead atoms. The maximum absolute atomic E-state index is 12.4. The van der Waals surface area contributed by atoms with Crippen molar-refractivity contribution in [1.29, 1.82) is 0 Å². The minimum Gasteiger partial charge on any atom is -0.478 e. The van der Waals surface area contributed by atoms with Gasteiger partial charge in [-0.3, -0.25) is 4.79 Å². The smallest absolute Gasteiger partial charge is 0.339 e. The van der Waals surface area contributed by atoms with Gasteiger partial charge >= 0.3 is 5.97 Å². The van der Waals surface area contributed by atoms with E-state index in [0.29, 0.717) is 17.1 Å². The van der Waals surface area contributed by atoms with Crippen molar-refractivity contribution >= 4 is 27.8 Å². The molecule has 2 aromatic rings. The number of furan rings is 1. The first-order valence-corrected chi connectivity index (χ1v) is 7.43. The number of benzene rings is 1. The van der Waals surface area contributed by atoms with Gasteiger partial charge in [0, 0.05) is 11.5 Å². The molecule has 22 heavy (non-hydrogen) atoms. The number of hydrogen-bond donors (Lipinski definition) is 1. The summed E-state index contributed by atoms with van der Waals surface area (Å²) in [4.78, 5) is 24.9. The van der Waals surface area contributed by atoms with Crippen LogP contribution < -0.4 is 0 Å². The van der Waals surface area contributed by atoms with Gasteiger partial charge in [0.05, 0.1) is 12.1 Å². The fraction of sp³-hybridized carbons (Fsp3) is 0.250. The lowest BCUT2D eigenvalue weighted by atomic mass is 10.1. The Morgan fingerprint density at radius 2 is 1.91 bits per heavy atom. The highest BCUT2D eigenvalue weighted by Crippen LogP contribution is 2.21. The fourth-order valence-electron chi connectivity index (χ4n) is 2.14. The molecule has 0 aliphatic carbocycles. The normalized spacial score (nSPS) is 10.5. The van der Waals surface area contributed by atoms with Crippen molar-refractivity contribution < 1.29 is 19.1 Å². The number of amides is 1. The van der Waals surface area contributed by atoms with Gasteiger partial charge in [0.25, 0.3) is 5.91 Å². The van der Waals surface area contributed by atoms with Gasteiger partial charge < -0.3 is 14.4 Å². The van der Waals surface area contributed by atoms with Crippen LogP contribution in [0, 0.1) is 13.8 Å². The van der Waals surface area contributed by atoms with Crippen molar-refractivity contribution in [2.45, 2.75) is 20.4 Å². The summed E-state index contributed by atoms with van der Waals surface area (Å²) in [5.74, 6) is -0.436. The monoisotopic (exact) mass is 365 g/mol. The number of rotatable bonds is 4. The third kappa shape index (κ3) is 3.39. The van der Waals surface area contributed by atoms with Gasteiger partial charge in [-0.15, -0.1) is 0 Å². The Bertz CT molecular complexity index is 736. The van der Waals surface area contributed by atoms with Crippen LogP contribution in [-0.4, -0.2) is 28.9 Å². The maximum Gasteiger partial charge on any atom is 0.339 e. The quantitative estimate of drug-likeness (QED) is 0.897. The average molecular weight is 366 g/mol. The number of carboxylic acids is 1. The van der Waals surface area contributed by atoms with Gasteiger partial charge in [-0.1, -0.05) is 6.07 Å². The van der Waals surface area contributed by atoms with E-state index in [2.05, 4.69) is 15.9 Å². The molecule has 1 aromatic heterocycles. The number of halogens is 1. The molecule has 1 amide bonds. The summed E-state index contributed by atoms with van der Waals surface area (Å²) in [5, 5.41) is 9.02. The van der Waals surface area contributed by atoms with Crippen LogP contribution in [0.5, 0.6) is 0 Å². The molecule has 6 heteroatoms. The number of carbonyl (C=O) groups is 2. The molecule has 116 valence electrons. The highest BCUT2D eigenvalue weighted by atomic mass is 79.9. The lowest BCUT2D eigenvalue weighted by Gasteiger charge is -2.16. The number of carboxylic acid groups (broad SMARTS) is 1. The lowest BCUT2D eigenvalue weighted by Crippen LogP contribution is -2.26. The highest BCUT2D eigenvalue weighted by molar-refractivity contribution is 9.10. The molecule has 1 aromatic carbocycles. The molecule has 0 aliphatic heterocycles. The second-order valence-corrected chi connectivity index (χ2v) is 5.99. The Hall–Kier alpha value is -2.08. The van der Waals surface area contributed by atoms with Crippen LogP contribution >= 0.6 is 15.9 Å². The van der Waals surface area contributed by atoms with Crippen molar-refractivity contribution in [3.8, 4) is 0 Å². The second kappa shape index (κ2) is 6.36. The Morgan fingerprint density at radius 1 is 1.23 bits per heavy atom. The first-order chi connectivity index (χ1) is 10.3. The van der Waals surface area contributed by atoms with E-state index in [1.54, 1.807) is 20.0 Å². The summed E-state index contributed by atoms with van der Waals surface area (Å²) in [6.45, 7) is 3.74. The zero-order valence-corrected chi connectivity index (χ0v) is 14.1. The van der Waals surface area contributed by atoms with Crippen molar-refractivity contribution in [3.05, 3.63) is 56.9 Å². The number of carbonyl (C=O) groups excluding carboxylic acids is 1. The van der Waals surface area contributed by atoms with Crippen molar-refractivity contribution in [2.24, 2.45) is 0 Å². The van der Waals surface area contributed by atoms with E-state index in [0.717, 1.165) is 10.0 Å². The molecule has 0 spiro atoms. The summed E-state index contributed by atoms with van der Waals surface area (Å²) in [7, 11) is 1.65. The minimum atomic E-state index is -1.04. The number of nitrogens with zero attached hydrogens (tertiary/aromatic N) is 1. The molecule has 0 saturated heterocycles. The largest absolute Gasteiger partial charge is 0.478 e. The molecule has 0 unspecified atom stereocenters. The first-order valence-electron chi connectivity index (χ1n) is 6.64. The summed E-state index contributed by atoms with van der Waals surface area (Å²) < 4.78 is 6.12. The van der Waals surface area contributed by atoms with E-state index in [1.807, 2.05) is 19.1 Å². The molecule has 0 fully saturated rings. The first kappa shape index (κ1) is 16.3. The molecule has 0 aliphatic rings. The van der Waals surface area contributed by atoms with Crippen LogP contribution in [0.2, 0.25) is 0 Å². The van der Waals surface area contributed by atoms with Crippen LogP contribution in [0.15, 0.2) is 33.2 Å². The van der Waals surface area contributed by atoms with Crippen molar-refractivity contribution in [3.63, 3.8) is 0 Å².